The molecule has 0 aliphatic rings. The molecular formula is C12H12ClF6NO2. The number of halogens is 7. The number of carbonyl (C=O) groups is 1. The molecule has 0 radical (unpaired) electrons. The Morgan fingerprint density at radius 1 is 1.27 bits per heavy atom. The average Bonchev–Trinajstić information content (AvgIpc) is 2.37. The maximum Gasteiger partial charge on any atom is 0.416 e. The van der Waals surface area contributed by atoms with Crippen molar-refractivity contribution in [3.8, 4) is 0 Å². The summed E-state index contributed by atoms with van der Waals surface area (Å²) in [6.07, 6.45) is -4.86. The Balaban J connectivity index is 0.00000441. The fourth-order valence-electron chi connectivity index (χ4n) is 1.51. The van der Waals surface area contributed by atoms with E-state index in [1.807, 2.05) is 0 Å². The molecule has 0 spiro atoms. The van der Waals surface area contributed by atoms with Gasteiger partial charge in [-0.3, -0.25) is 0 Å². The molecule has 1 rings (SSSR count). The molecule has 1 aromatic rings. The summed E-state index contributed by atoms with van der Waals surface area (Å²) in [4.78, 5) is 11.1. The molecule has 0 aliphatic heterocycles. The molecule has 0 bridgehead atoms. The van der Waals surface area contributed by atoms with Crippen LogP contribution in [0.25, 0.3) is 0 Å². The number of benzene rings is 1. The molecule has 0 saturated heterocycles. The molecule has 0 heterocycles. The topological polar surface area (TPSA) is 52.3 Å². The SMILES string of the molecule is CCOC(=O)C(F)(F)[C@H](N)c1cc(C(F)(F)F)ccc1F.Cl. The Labute approximate surface area is 127 Å². The van der Waals surface area contributed by atoms with E-state index in [2.05, 4.69) is 4.74 Å². The molecule has 126 valence electrons. The molecule has 1 atom stereocenters. The van der Waals surface area contributed by atoms with Crippen molar-refractivity contribution >= 4 is 18.4 Å². The maximum atomic E-state index is 13.6. The first-order valence-electron chi connectivity index (χ1n) is 5.69. The van der Waals surface area contributed by atoms with E-state index in [0.29, 0.717) is 12.1 Å². The Morgan fingerprint density at radius 3 is 2.27 bits per heavy atom. The van der Waals surface area contributed by atoms with E-state index in [1.165, 1.54) is 6.92 Å². The third-order valence-electron chi connectivity index (χ3n) is 2.60. The van der Waals surface area contributed by atoms with Gasteiger partial charge in [0.1, 0.15) is 11.9 Å². The van der Waals surface area contributed by atoms with Crippen LogP contribution in [0.5, 0.6) is 0 Å². The van der Waals surface area contributed by atoms with Crippen LogP contribution in [0.4, 0.5) is 26.3 Å². The van der Waals surface area contributed by atoms with Gasteiger partial charge in [-0.15, -0.1) is 12.4 Å². The fraction of sp³-hybridized carbons (Fsp3) is 0.417. The standard InChI is InChI=1S/C12H11F6NO2.ClH/c1-2-21-10(20)11(14,15)9(19)7-5-6(12(16,17)18)3-4-8(7)13;/h3-5,9H,2,19H2,1H3;1H/t9-;/m1./s1. The number of esters is 1. The van der Waals surface area contributed by atoms with Crippen LogP contribution in [0.1, 0.15) is 24.1 Å². The lowest BCUT2D eigenvalue weighted by atomic mass is 9.98. The van der Waals surface area contributed by atoms with Crippen molar-refractivity contribution in [2.75, 3.05) is 6.61 Å². The molecule has 0 saturated carbocycles. The Kier molecular flexibility index (Phi) is 6.70. The number of nitrogens with two attached hydrogens (primary N) is 1. The number of ether oxygens (including phenoxy) is 1. The highest BCUT2D eigenvalue weighted by molar-refractivity contribution is 5.85. The van der Waals surface area contributed by atoms with E-state index in [9.17, 15) is 31.1 Å². The third kappa shape index (κ3) is 4.26. The van der Waals surface area contributed by atoms with Gasteiger partial charge in [0.25, 0.3) is 0 Å². The summed E-state index contributed by atoms with van der Waals surface area (Å²) in [5.74, 6) is -7.77. The molecule has 0 aliphatic carbocycles. The van der Waals surface area contributed by atoms with Crippen molar-refractivity contribution in [2.45, 2.75) is 25.1 Å². The molecule has 0 unspecified atom stereocenters. The van der Waals surface area contributed by atoms with Gasteiger partial charge in [-0.2, -0.15) is 22.0 Å². The zero-order valence-electron chi connectivity index (χ0n) is 11.1. The lowest BCUT2D eigenvalue weighted by Crippen LogP contribution is -2.42. The van der Waals surface area contributed by atoms with Crippen molar-refractivity contribution in [3.63, 3.8) is 0 Å². The summed E-state index contributed by atoms with van der Waals surface area (Å²) in [7, 11) is 0. The minimum atomic E-state index is -4.86. The highest BCUT2D eigenvalue weighted by Crippen LogP contribution is 2.36. The van der Waals surface area contributed by atoms with Crippen molar-refractivity contribution in [2.24, 2.45) is 5.73 Å². The van der Waals surface area contributed by atoms with Crippen molar-refractivity contribution in [3.05, 3.63) is 35.1 Å². The van der Waals surface area contributed by atoms with E-state index < -0.39 is 41.1 Å². The fourth-order valence-corrected chi connectivity index (χ4v) is 1.51. The lowest BCUT2D eigenvalue weighted by molar-refractivity contribution is -0.174. The van der Waals surface area contributed by atoms with Crippen LogP contribution in [0.15, 0.2) is 18.2 Å². The van der Waals surface area contributed by atoms with Gasteiger partial charge in [-0.1, -0.05) is 0 Å². The maximum absolute atomic E-state index is 13.6. The second kappa shape index (κ2) is 7.19. The smallest absolute Gasteiger partial charge is 0.416 e. The quantitative estimate of drug-likeness (QED) is 0.667. The highest BCUT2D eigenvalue weighted by Gasteiger charge is 2.49. The van der Waals surface area contributed by atoms with Crippen LogP contribution < -0.4 is 5.73 Å². The number of hydrogen-bond donors (Lipinski definition) is 1. The monoisotopic (exact) mass is 351 g/mol. The molecule has 1 aromatic carbocycles. The second-order valence-electron chi connectivity index (χ2n) is 4.06. The van der Waals surface area contributed by atoms with Crippen LogP contribution in [0, 0.1) is 5.82 Å². The number of rotatable bonds is 4. The predicted octanol–water partition coefficient (Wildman–Crippen LogP) is 3.46. The molecule has 10 heteroatoms. The van der Waals surface area contributed by atoms with Crippen LogP contribution in [0.3, 0.4) is 0 Å². The molecule has 3 nitrogen and oxygen atoms in total. The van der Waals surface area contributed by atoms with Crippen molar-refractivity contribution in [1.82, 2.24) is 0 Å². The summed E-state index contributed by atoms with van der Waals surface area (Å²) in [5.41, 5.74) is 2.58. The normalized spacial score (nSPS) is 13.3. The lowest BCUT2D eigenvalue weighted by Gasteiger charge is -2.23. The van der Waals surface area contributed by atoms with E-state index in [0.717, 1.165) is 0 Å². The minimum absolute atomic E-state index is 0. The summed E-state index contributed by atoms with van der Waals surface area (Å²) < 4.78 is 82.3. The van der Waals surface area contributed by atoms with Crippen LogP contribution in [-0.2, 0) is 15.7 Å². The Morgan fingerprint density at radius 2 is 1.82 bits per heavy atom. The van der Waals surface area contributed by atoms with Gasteiger partial charge < -0.3 is 10.5 Å². The van der Waals surface area contributed by atoms with Gasteiger partial charge in [0, 0.05) is 5.56 Å². The van der Waals surface area contributed by atoms with Gasteiger partial charge in [0.05, 0.1) is 12.2 Å². The van der Waals surface area contributed by atoms with Crippen molar-refractivity contribution in [1.29, 1.82) is 0 Å². The molecular weight excluding hydrogens is 340 g/mol. The average molecular weight is 352 g/mol. The molecule has 2 N–H and O–H groups in total. The van der Waals surface area contributed by atoms with Gasteiger partial charge >= 0.3 is 18.1 Å². The molecule has 22 heavy (non-hydrogen) atoms. The van der Waals surface area contributed by atoms with Gasteiger partial charge in [0.2, 0.25) is 0 Å². The number of carbonyl (C=O) groups excluding carboxylic acids is 1. The van der Waals surface area contributed by atoms with Gasteiger partial charge in [0.15, 0.2) is 0 Å². The summed E-state index contributed by atoms with van der Waals surface area (Å²) >= 11 is 0. The minimum Gasteiger partial charge on any atom is -0.462 e. The summed E-state index contributed by atoms with van der Waals surface area (Å²) in [6, 6.07) is -1.71. The summed E-state index contributed by atoms with van der Waals surface area (Å²) in [6.45, 7) is 0.872. The zero-order chi connectivity index (χ0) is 16.4. The van der Waals surface area contributed by atoms with Gasteiger partial charge in [-0.25, -0.2) is 9.18 Å². The van der Waals surface area contributed by atoms with Crippen LogP contribution in [-0.4, -0.2) is 18.5 Å². The van der Waals surface area contributed by atoms with E-state index in [4.69, 9.17) is 5.73 Å². The predicted molar refractivity (Wildman–Crippen MR) is 67.2 cm³/mol. The van der Waals surface area contributed by atoms with Gasteiger partial charge in [-0.05, 0) is 25.1 Å². The zero-order valence-corrected chi connectivity index (χ0v) is 11.9. The first-order chi connectivity index (χ1) is 9.51. The first kappa shape index (κ1) is 20.5. The van der Waals surface area contributed by atoms with E-state index in [1.54, 1.807) is 0 Å². The second-order valence-corrected chi connectivity index (χ2v) is 4.06. The van der Waals surface area contributed by atoms with E-state index in [-0.39, 0.29) is 25.1 Å². The largest absolute Gasteiger partial charge is 0.462 e. The number of alkyl halides is 5. The Bertz CT molecular complexity index is 535. The first-order valence-corrected chi connectivity index (χ1v) is 5.69. The number of hydrogen-bond acceptors (Lipinski definition) is 3. The molecule has 0 amide bonds. The van der Waals surface area contributed by atoms with Crippen molar-refractivity contribution < 1.29 is 35.9 Å². The van der Waals surface area contributed by atoms with Crippen LogP contribution in [0.2, 0.25) is 0 Å². The van der Waals surface area contributed by atoms with Crippen LogP contribution >= 0.6 is 12.4 Å². The molecule has 0 fully saturated rings. The summed E-state index contributed by atoms with van der Waals surface area (Å²) in [5, 5.41) is 0. The Hall–Kier alpha value is -1.48. The highest BCUT2D eigenvalue weighted by atomic mass is 35.5. The molecule has 0 aromatic heterocycles. The third-order valence-corrected chi connectivity index (χ3v) is 2.60. The van der Waals surface area contributed by atoms with E-state index >= 15 is 0 Å².